The number of rotatable bonds is 8. The predicted molar refractivity (Wildman–Crippen MR) is 93.8 cm³/mol. The Hall–Kier alpha value is -2.09. The van der Waals surface area contributed by atoms with Crippen LogP contribution in [-0.4, -0.2) is 54.9 Å². The minimum absolute atomic E-state index is 0.0513. The zero-order valence-electron chi connectivity index (χ0n) is 15.1. The fourth-order valence-electron chi connectivity index (χ4n) is 3.02. The van der Waals surface area contributed by atoms with Gasteiger partial charge >= 0.3 is 12.3 Å². The van der Waals surface area contributed by atoms with Crippen molar-refractivity contribution in [2.45, 2.75) is 38.5 Å². The molecule has 1 radical (unpaired) electrons. The lowest BCUT2D eigenvalue weighted by Gasteiger charge is -2.34. The van der Waals surface area contributed by atoms with Gasteiger partial charge in [0.1, 0.15) is 6.61 Å². The van der Waals surface area contributed by atoms with Crippen LogP contribution in [0.5, 0.6) is 0 Å². The topological polar surface area (TPSA) is 49.9 Å². The molecule has 1 aromatic rings. The predicted octanol–water partition coefficient (Wildman–Crippen LogP) is 3.63. The SMILES string of the molecule is O=[C]CCCCCN1CCN(C(=O)OCc2ccccc2C(F)(F)F)CC1. The number of unbranched alkanes of at least 4 members (excludes halogenated alkanes) is 3. The molecule has 5 nitrogen and oxygen atoms in total. The van der Waals surface area contributed by atoms with Crippen LogP contribution in [0.25, 0.3) is 0 Å². The molecule has 0 atom stereocenters. The molecule has 0 aromatic heterocycles. The van der Waals surface area contributed by atoms with Gasteiger partial charge in [0.2, 0.25) is 0 Å². The normalized spacial score (nSPS) is 15.6. The number of hydrogen-bond acceptors (Lipinski definition) is 4. The number of nitrogens with zero attached hydrogens (tertiary/aromatic N) is 2. The van der Waals surface area contributed by atoms with Gasteiger partial charge in [0.25, 0.3) is 0 Å². The first-order valence-electron chi connectivity index (χ1n) is 9.06. The minimum Gasteiger partial charge on any atom is -0.445 e. The van der Waals surface area contributed by atoms with Crippen molar-refractivity contribution in [3.05, 3.63) is 35.4 Å². The highest BCUT2D eigenvalue weighted by Crippen LogP contribution is 2.32. The third-order valence-corrected chi connectivity index (χ3v) is 4.56. The third kappa shape index (κ3) is 6.86. The molecule has 1 amide bonds. The first kappa shape index (κ1) is 21.2. The van der Waals surface area contributed by atoms with Crippen molar-refractivity contribution in [1.82, 2.24) is 9.80 Å². The lowest BCUT2D eigenvalue weighted by Crippen LogP contribution is -2.49. The lowest BCUT2D eigenvalue weighted by atomic mass is 10.1. The molecule has 1 fully saturated rings. The molecule has 1 aromatic carbocycles. The van der Waals surface area contributed by atoms with E-state index in [0.29, 0.717) is 32.6 Å². The summed E-state index contributed by atoms with van der Waals surface area (Å²) >= 11 is 0. The number of hydrogen-bond donors (Lipinski definition) is 0. The van der Waals surface area contributed by atoms with Crippen LogP contribution in [0.1, 0.15) is 36.8 Å². The molecule has 149 valence electrons. The van der Waals surface area contributed by atoms with Crippen LogP contribution in [0.2, 0.25) is 0 Å². The zero-order valence-corrected chi connectivity index (χ0v) is 15.1. The van der Waals surface area contributed by atoms with E-state index in [1.807, 2.05) is 6.29 Å². The number of amides is 1. The van der Waals surface area contributed by atoms with Crippen LogP contribution < -0.4 is 0 Å². The molecule has 0 saturated carbocycles. The molecule has 2 rings (SSSR count). The molecule has 0 aliphatic carbocycles. The van der Waals surface area contributed by atoms with Gasteiger partial charge in [-0.25, -0.2) is 4.79 Å². The van der Waals surface area contributed by atoms with Crippen LogP contribution >= 0.6 is 0 Å². The largest absolute Gasteiger partial charge is 0.445 e. The van der Waals surface area contributed by atoms with Gasteiger partial charge in [-0.2, -0.15) is 13.2 Å². The van der Waals surface area contributed by atoms with Crippen molar-refractivity contribution in [2.75, 3.05) is 32.7 Å². The van der Waals surface area contributed by atoms with Crippen molar-refractivity contribution in [3.63, 3.8) is 0 Å². The first-order chi connectivity index (χ1) is 12.9. The molecular weight excluding hydrogens is 361 g/mol. The average Bonchev–Trinajstić information content (AvgIpc) is 2.66. The van der Waals surface area contributed by atoms with Gasteiger partial charge in [0.05, 0.1) is 5.56 Å². The second kappa shape index (κ2) is 10.3. The summed E-state index contributed by atoms with van der Waals surface area (Å²) in [5.74, 6) is 0. The fourth-order valence-corrected chi connectivity index (χ4v) is 3.02. The van der Waals surface area contributed by atoms with E-state index in [1.165, 1.54) is 23.1 Å². The van der Waals surface area contributed by atoms with E-state index in [0.717, 1.165) is 31.9 Å². The second-order valence-electron chi connectivity index (χ2n) is 6.49. The van der Waals surface area contributed by atoms with Gasteiger partial charge in [-0.1, -0.05) is 24.6 Å². The van der Waals surface area contributed by atoms with Gasteiger partial charge in [0, 0.05) is 38.2 Å². The van der Waals surface area contributed by atoms with Gasteiger partial charge < -0.3 is 9.64 Å². The molecular formula is C19H24F3N2O3. The standard InChI is InChI=1S/C19H24F3N2O3/c20-19(21,22)17-8-4-3-7-16(17)15-27-18(26)24-12-10-23(11-13-24)9-5-1-2-6-14-25/h3-4,7-8H,1-2,5-6,9-13,15H2. The molecule has 0 bridgehead atoms. The maximum Gasteiger partial charge on any atom is 0.416 e. The number of carbonyl (C=O) groups excluding carboxylic acids is 2. The van der Waals surface area contributed by atoms with Crippen molar-refractivity contribution in [3.8, 4) is 0 Å². The summed E-state index contributed by atoms with van der Waals surface area (Å²) in [5.41, 5.74) is -0.834. The molecule has 1 saturated heterocycles. The Kier molecular flexibility index (Phi) is 8.09. The number of benzene rings is 1. The Bertz CT molecular complexity index is 614. The van der Waals surface area contributed by atoms with Crippen LogP contribution in [0.4, 0.5) is 18.0 Å². The first-order valence-corrected chi connectivity index (χ1v) is 9.06. The van der Waals surface area contributed by atoms with Crippen molar-refractivity contribution in [1.29, 1.82) is 0 Å². The average molecular weight is 385 g/mol. The van der Waals surface area contributed by atoms with E-state index in [1.54, 1.807) is 0 Å². The highest BCUT2D eigenvalue weighted by Gasteiger charge is 2.33. The molecule has 0 unspecified atom stereocenters. The summed E-state index contributed by atoms with van der Waals surface area (Å²) in [5, 5.41) is 0. The number of ether oxygens (including phenoxy) is 1. The summed E-state index contributed by atoms with van der Waals surface area (Å²) < 4.78 is 44.0. The molecule has 1 aliphatic heterocycles. The van der Waals surface area contributed by atoms with E-state index in [2.05, 4.69) is 4.90 Å². The summed E-state index contributed by atoms with van der Waals surface area (Å²) in [6, 6.07) is 5.10. The number of halogens is 3. The summed E-state index contributed by atoms with van der Waals surface area (Å²) in [7, 11) is 0. The number of alkyl halides is 3. The third-order valence-electron chi connectivity index (χ3n) is 4.56. The molecule has 8 heteroatoms. The van der Waals surface area contributed by atoms with E-state index >= 15 is 0 Å². The smallest absolute Gasteiger partial charge is 0.416 e. The minimum atomic E-state index is -4.47. The Labute approximate surface area is 157 Å². The Morgan fingerprint density at radius 1 is 1.07 bits per heavy atom. The zero-order chi connectivity index (χ0) is 19.7. The molecule has 0 N–H and O–H groups in total. The molecule has 0 spiro atoms. The van der Waals surface area contributed by atoms with Crippen LogP contribution in [0.3, 0.4) is 0 Å². The fraction of sp³-hybridized carbons (Fsp3) is 0.579. The molecule has 1 heterocycles. The van der Waals surface area contributed by atoms with Crippen LogP contribution in [0.15, 0.2) is 24.3 Å². The van der Waals surface area contributed by atoms with E-state index in [4.69, 9.17) is 4.74 Å². The van der Waals surface area contributed by atoms with Gasteiger partial charge in [0.15, 0.2) is 6.29 Å². The second-order valence-corrected chi connectivity index (χ2v) is 6.49. The highest BCUT2D eigenvalue weighted by atomic mass is 19.4. The van der Waals surface area contributed by atoms with Crippen LogP contribution in [0, 0.1) is 0 Å². The molecule has 1 aliphatic rings. The van der Waals surface area contributed by atoms with E-state index < -0.39 is 24.4 Å². The molecule has 27 heavy (non-hydrogen) atoms. The highest BCUT2D eigenvalue weighted by molar-refractivity contribution is 5.67. The summed E-state index contributed by atoms with van der Waals surface area (Å²) in [4.78, 5) is 26.0. The lowest BCUT2D eigenvalue weighted by molar-refractivity contribution is -0.138. The van der Waals surface area contributed by atoms with Crippen molar-refractivity contribution < 1.29 is 27.5 Å². The monoisotopic (exact) mass is 385 g/mol. The van der Waals surface area contributed by atoms with Crippen LogP contribution in [-0.2, 0) is 22.3 Å². The summed E-state index contributed by atoms with van der Waals surface area (Å²) in [6.07, 6.45) is 0.0788. The Morgan fingerprint density at radius 3 is 2.44 bits per heavy atom. The Balaban J connectivity index is 1.73. The maximum atomic E-state index is 13.0. The number of piperazine rings is 1. The van der Waals surface area contributed by atoms with Gasteiger partial charge in [-0.3, -0.25) is 9.69 Å². The van der Waals surface area contributed by atoms with Crippen molar-refractivity contribution >= 4 is 12.4 Å². The maximum absolute atomic E-state index is 13.0. The summed E-state index contributed by atoms with van der Waals surface area (Å²) in [6.45, 7) is 2.88. The van der Waals surface area contributed by atoms with Gasteiger partial charge in [-0.15, -0.1) is 0 Å². The number of carbonyl (C=O) groups is 1. The van der Waals surface area contributed by atoms with E-state index in [9.17, 15) is 22.8 Å². The van der Waals surface area contributed by atoms with Crippen molar-refractivity contribution in [2.24, 2.45) is 0 Å². The Morgan fingerprint density at radius 2 is 1.78 bits per heavy atom. The van der Waals surface area contributed by atoms with E-state index in [-0.39, 0.29) is 5.56 Å². The quantitative estimate of drug-likeness (QED) is 0.642. The van der Waals surface area contributed by atoms with Gasteiger partial charge in [-0.05, 0) is 25.5 Å².